The van der Waals surface area contributed by atoms with Gasteiger partial charge in [0, 0.05) is 6.61 Å². The van der Waals surface area contributed by atoms with Crippen LogP contribution in [0.1, 0.15) is 35.1 Å². The van der Waals surface area contributed by atoms with Gasteiger partial charge in [-0.2, -0.15) is 0 Å². The van der Waals surface area contributed by atoms with Crippen molar-refractivity contribution in [3.8, 4) is 0 Å². The lowest BCUT2D eigenvalue weighted by molar-refractivity contribution is -0.118. The second kappa shape index (κ2) is 8.20. The molecule has 4 nitrogen and oxygen atoms in total. The number of hydrogen-bond donors (Lipinski definition) is 0. The van der Waals surface area contributed by atoms with Crippen LogP contribution in [0.5, 0.6) is 0 Å². The standard InChI is InChI=1S/C23H25FN2O2S/c1-14-9-15(2)19(16(3)10-14)12-22(27)26(13-18-5-4-8-28-18)23-25-20-7-6-17(24)11-21(20)29-23/h6-7,9-11,18H,4-5,8,12-13H2,1-3H3. The van der Waals surface area contributed by atoms with Gasteiger partial charge in [-0.15, -0.1) is 0 Å². The molecule has 0 N–H and O–H groups in total. The third-order valence-electron chi connectivity index (χ3n) is 5.45. The number of halogens is 1. The molecule has 152 valence electrons. The predicted octanol–water partition coefficient (Wildman–Crippen LogP) is 5.12. The van der Waals surface area contributed by atoms with Gasteiger partial charge in [-0.3, -0.25) is 9.69 Å². The molecular formula is C23H25FN2O2S. The molecule has 2 heterocycles. The van der Waals surface area contributed by atoms with Crippen LogP contribution in [0.3, 0.4) is 0 Å². The van der Waals surface area contributed by atoms with Gasteiger partial charge in [0.2, 0.25) is 5.91 Å². The molecule has 6 heteroatoms. The van der Waals surface area contributed by atoms with Gasteiger partial charge in [-0.25, -0.2) is 9.37 Å². The van der Waals surface area contributed by atoms with Crippen LogP contribution in [0.2, 0.25) is 0 Å². The highest BCUT2D eigenvalue weighted by molar-refractivity contribution is 7.22. The molecule has 0 saturated carbocycles. The third-order valence-corrected chi connectivity index (χ3v) is 6.49. The fourth-order valence-electron chi connectivity index (χ4n) is 4.02. The second-order valence-electron chi connectivity index (χ2n) is 7.80. The molecule has 4 rings (SSSR count). The summed E-state index contributed by atoms with van der Waals surface area (Å²) in [4.78, 5) is 19.7. The molecule has 0 aliphatic carbocycles. The van der Waals surface area contributed by atoms with E-state index in [4.69, 9.17) is 4.74 Å². The van der Waals surface area contributed by atoms with Crippen LogP contribution in [0.25, 0.3) is 10.2 Å². The van der Waals surface area contributed by atoms with Gasteiger partial charge in [0.25, 0.3) is 0 Å². The first-order chi connectivity index (χ1) is 13.9. The van der Waals surface area contributed by atoms with Gasteiger partial charge in [0.05, 0.1) is 29.3 Å². The SMILES string of the molecule is Cc1cc(C)c(CC(=O)N(CC2CCCO2)c2nc3ccc(F)cc3s2)c(C)c1. The molecule has 1 unspecified atom stereocenters. The molecule has 1 aliphatic rings. The van der Waals surface area contributed by atoms with E-state index in [-0.39, 0.29) is 17.8 Å². The second-order valence-corrected chi connectivity index (χ2v) is 8.81. The minimum atomic E-state index is -0.296. The number of fused-ring (bicyclic) bond motifs is 1. The number of amides is 1. The lowest BCUT2D eigenvalue weighted by atomic mass is 9.97. The average Bonchev–Trinajstić information content (AvgIpc) is 3.31. The Bertz CT molecular complexity index is 1030. The van der Waals surface area contributed by atoms with Gasteiger partial charge >= 0.3 is 0 Å². The van der Waals surface area contributed by atoms with Gasteiger partial charge in [-0.05, 0) is 68.5 Å². The van der Waals surface area contributed by atoms with Crippen molar-refractivity contribution in [2.75, 3.05) is 18.1 Å². The summed E-state index contributed by atoms with van der Waals surface area (Å²) in [5.74, 6) is -0.300. The molecule has 1 amide bonds. The Morgan fingerprint density at radius 1 is 1.24 bits per heavy atom. The summed E-state index contributed by atoms with van der Waals surface area (Å²) in [7, 11) is 0. The maximum absolute atomic E-state index is 13.6. The first-order valence-electron chi connectivity index (χ1n) is 9.95. The Morgan fingerprint density at radius 3 is 2.69 bits per heavy atom. The normalized spacial score (nSPS) is 16.5. The van der Waals surface area contributed by atoms with Crippen LogP contribution in [-0.2, 0) is 16.0 Å². The van der Waals surface area contributed by atoms with Crippen molar-refractivity contribution in [2.24, 2.45) is 0 Å². The zero-order valence-corrected chi connectivity index (χ0v) is 17.8. The summed E-state index contributed by atoms with van der Waals surface area (Å²) < 4.78 is 20.1. The molecule has 1 fully saturated rings. The third kappa shape index (κ3) is 4.33. The number of rotatable bonds is 5. The molecule has 0 radical (unpaired) electrons. The van der Waals surface area contributed by atoms with E-state index in [0.29, 0.717) is 23.6 Å². The van der Waals surface area contributed by atoms with E-state index in [1.165, 1.54) is 29.0 Å². The average molecular weight is 413 g/mol. The van der Waals surface area contributed by atoms with Crippen LogP contribution in [0.4, 0.5) is 9.52 Å². The number of thiazole rings is 1. The Hall–Kier alpha value is -2.31. The Balaban J connectivity index is 1.66. The number of ether oxygens (including phenoxy) is 1. The van der Waals surface area contributed by atoms with Crippen LogP contribution in [-0.4, -0.2) is 30.1 Å². The molecule has 0 spiro atoms. The Kier molecular flexibility index (Phi) is 5.65. The molecule has 1 aromatic heterocycles. The van der Waals surface area contributed by atoms with Crippen molar-refractivity contribution in [1.29, 1.82) is 0 Å². The molecule has 0 bridgehead atoms. The molecule has 1 saturated heterocycles. The number of anilines is 1. The minimum absolute atomic E-state index is 0.00455. The number of hydrogen-bond acceptors (Lipinski definition) is 4. The summed E-state index contributed by atoms with van der Waals surface area (Å²) in [5.41, 5.74) is 5.21. The van der Waals surface area contributed by atoms with Crippen molar-refractivity contribution >= 4 is 32.6 Å². The van der Waals surface area contributed by atoms with E-state index in [1.54, 1.807) is 11.0 Å². The number of nitrogens with zero attached hydrogens (tertiary/aromatic N) is 2. The molecule has 2 aromatic carbocycles. The zero-order valence-electron chi connectivity index (χ0n) is 17.0. The Morgan fingerprint density at radius 2 is 2.00 bits per heavy atom. The van der Waals surface area contributed by atoms with Gasteiger partial charge < -0.3 is 4.74 Å². The minimum Gasteiger partial charge on any atom is -0.376 e. The summed E-state index contributed by atoms with van der Waals surface area (Å²) in [6, 6.07) is 8.76. The first-order valence-corrected chi connectivity index (χ1v) is 10.8. The van der Waals surface area contributed by atoms with E-state index in [1.807, 2.05) is 13.8 Å². The maximum Gasteiger partial charge on any atom is 0.233 e. The number of benzene rings is 2. The van der Waals surface area contributed by atoms with E-state index in [0.717, 1.165) is 40.8 Å². The molecule has 29 heavy (non-hydrogen) atoms. The fraction of sp³-hybridized carbons (Fsp3) is 0.391. The van der Waals surface area contributed by atoms with Crippen molar-refractivity contribution in [3.63, 3.8) is 0 Å². The quantitative estimate of drug-likeness (QED) is 0.584. The van der Waals surface area contributed by atoms with Crippen molar-refractivity contribution in [1.82, 2.24) is 4.98 Å². The van der Waals surface area contributed by atoms with Gasteiger partial charge in [0.15, 0.2) is 5.13 Å². The van der Waals surface area contributed by atoms with Crippen molar-refractivity contribution in [3.05, 3.63) is 58.4 Å². The number of aromatic nitrogens is 1. The smallest absolute Gasteiger partial charge is 0.233 e. The van der Waals surface area contributed by atoms with Crippen LogP contribution < -0.4 is 4.90 Å². The summed E-state index contributed by atoms with van der Waals surface area (Å²) in [6.45, 7) is 7.37. The topological polar surface area (TPSA) is 42.4 Å². The molecular weight excluding hydrogens is 387 g/mol. The van der Waals surface area contributed by atoms with Crippen molar-refractivity contribution in [2.45, 2.75) is 46.1 Å². The lowest BCUT2D eigenvalue weighted by Crippen LogP contribution is -2.38. The highest BCUT2D eigenvalue weighted by Crippen LogP contribution is 2.31. The highest BCUT2D eigenvalue weighted by Gasteiger charge is 2.27. The molecule has 1 atom stereocenters. The van der Waals surface area contributed by atoms with E-state index in [2.05, 4.69) is 24.0 Å². The maximum atomic E-state index is 13.6. The molecule has 3 aromatic rings. The van der Waals surface area contributed by atoms with Crippen molar-refractivity contribution < 1.29 is 13.9 Å². The summed E-state index contributed by atoms with van der Waals surface area (Å²) in [5, 5.41) is 0.605. The Labute approximate surface area is 174 Å². The monoisotopic (exact) mass is 412 g/mol. The highest BCUT2D eigenvalue weighted by atomic mass is 32.1. The summed E-state index contributed by atoms with van der Waals surface area (Å²) >= 11 is 1.35. The number of carbonyl (C=O) groups excluding carboxylic acids is 1. The number of carbonyl (C=O) groups is 1. The fourth-order valence-corrected chi connectivity index (χ4v) is 5.03. The first kappa shape index (κ1) is 20.0. The number of aryl methyl sites for hydroxylation is 3. The predicted molar refractivity (Wildman–Crippen MR) is 115 cm³/mol. The van der Waals surface area contributed by atoms with Gasteiger partial charge in [-0.1, -0.05) is 29.0 Å². The van der Waals surface area contributed by atoms with E-state index in [9.17, 15) is 9.18 Å². The van der Waals surface area contributed by atoms with Crippen LogP contribution >= 0.6 is 11.3 Å². The lowest BCUT2D eigenvalue weighted by Gasteiger charge is -2.24. The van der Waals surface area contributed by atoms with Crippen LogP contribution in [0.15, 0.2) is 30.3 Å². The van der Waals surface area contributed by atoms with Gasteiger partial charge in [0.1, 0.15) is 5.82 Å². The largest absolute Gasteiger partial charge is 0.376 e. The zero-order chi connectivity index (χ0) is 20.5. The van der Waals surface area contributed by atoms with E-state index >= 15 is 0 Å². The summed E-state index contributed by atoms with van der Waals surface area (Å²) in [6.07, 6.45) is 2.28. The molecule has 1 aliphatic heterocycles. The van der Waals surface area contributed by atoms with Crippen LogP contribution in [0, 0.1) is 26.6 Å². The van der Waals surface area contributed by atoms with E-state index < -0.39 is 0 Å².